The van der Waals surface area contributed by atoms with Gasteiger partial charge in [0.25, 0.3) is 5.91 Å². The van der Waals surface area contributed by atoms with Crippen LogP contribution in [0.5, 0.6) is 0 Å². The molecule has 0 aliphatic rings. The van der Waals surface area contributed by atoms with Gasteiger partial charge >= 0.3 is 5.97 Å². The van der Waals surface area contributed by atoms with E-state index < -0.39 is 5.97 Å². The van der Waals surface area contributed by atoms with Crippen molar-refractivity contribution in [2.24, 2.45) is 0 Å². The first-order valence-corrected chi connectivity index (χ1v) is 8.59. The third-order valence-electron chi connectivity index (χ3n) is 3.71. The van der Waals surface area contributed by atoms with Gasteiger partial charge in [-0.05, 0) is 40.6 Å². The summed E-state index contributed by atoms with van der Waals surface area (Å²) in [5.41, 5.74) is 1.54. The minimum Gasteiger partial charge on any atom is -0.455 e. The second-order valence-corrected chi connectivity index (χ2v) is 6.45. The number of halogens is 1. The predicted octanol–water partition coefficient (Wildman–Crippen LogP) is 4.33. The van der Waals surface area contributed by atoms with Crippen molar-refractivity contribution in [1.82, 2.24) is 0 Å². The standard InChI is InChI=1S/C20H16BrNO3/c21-16-8-10-17(11-9-16)22-19(23)13-25-20(24)12-15-6-3-5-14-4-1-2-7-18(14)15/h1-11H,12-13H2,(H,22,23). The van der Waals surface area contributed by atoms with Crippen molar-refractivity contribution in [3.63, 3.8) is 0 Å². The Morgan fingerprint density at radius 2 is 1.64 bits per heavy atom. The fraction of sp³-hybridized carbons (Fsp3) is 0.100. The molecule has 25 heavy (non-hydrogen) atoms. The van der Waals surface area contributed by atoms with Gasteiger partial charge in [0.05, 0.1) is 6.42 Å². The molecule has 0 saturated carbocycles. The Morgan fingerprint density at radius 1 is 0.920 bits per heavy atom. The van der Waals surface area contributed by atoms with Gasteiger partial charge < -0.3 is 10.1 Å². The molecule has 0 unspecified atom stereocenters. The van der Waals surface area contributed by atoms with Crippen LogP contribution in [0.25, 0.3) is 10.8 Å². The summed E-state index contributed by atoms with van der Waals surface area (Å²) in [5, 5.41) is 4.77. The molecular weight excluding hydrogens is 382 g/mol. The summed E-state index contributed by atoms with van der Waals surface area (Å²) in [7, 11) is 0. The van der Waals surface area contributed by atoms with E-state index >= 15 is 0 Å². The van der Waals surface area contributed by atoms with Crippen LogP contribution in [0.15, 0.2) is 71.2 Å². The average molecular weight is 398 g/mol. The average Bonchev–Trinajstić information content (AvgIpc) is 2.62. The zero-order chi connectivity index (χ0) is 17.6. The number of nitrogens with one attached hydrogen (secondary N) is 1. The minimum atomic E-state index is -0.428. The summed E-state index contributed by atoms with van der Waals surface area (Å²) >= 11 is 3.33. The van der Waals surface area contributed by atoms with Gasteiger partial charge in [-0.25, -0.2) is 0 Å². The highest BCUT2D eigenvalue weighted by atomic mass is 79.9. The lowest BCUT2D eigenvalue weighted by Gasteiger charge is -2.08. The van der Waals surface area contributed by atoms with Gasteiger partial charge in [-0.1, -0.05) is 58.4 Å². The Morgan fingerprint density at radius 3 is 2.44 bits per heavy atom. The molecule has 3 aromatic rings. The molecule has 0 spiro atoms. The Kier molecular flexibility index (Phi) is 5.46. The molecule has 0 saturated heterocycles. The second-order valence-electron chi connectivity index (χ2n) is 5.53. The Hall–Kier alpha value is -2.66. The SMILES string of the molecule is O=C(COC(=O)Cc1cccc2ccccc12)Nc1ccc(Br)cc1. The van der Waals surface area contributed by atoms with E-state index in [1.165, 1.54) is 0 Å². The zero-order valence-electron chi connectivity index (χ0n) is 13.4. The normalized spacial score (nSPS) is 10.4. The number of carbonyl (C=O) groups is 2. The van der Waals surface area contributed by atoms with Crippen molar-refractivity contribution < 1.29 is 14.3 Å². The van der Waals surface area contributed by atoms with Crippen molar-refractivity contribution in [1.29, 1.82) is 0 Å². The van der Waals surface area contributed by atoms with E-state index in [-0.39, 0.29) is 18.9 Å². The predicted molar refractivity (Wildman–Crippen MR) is 101 cm³/mol. The summed E-state index contributed by atoms with van der Waals surface area (Å²) in [6, 6.07) is 20.8. The van der Waals surface area contributed by atoms with Crippen LogP contribution in [0.2, 0.25) is 0 Å². The topological polar surface area (TPSA) is 55.4 Å². The highest BCUT2D eigenvalue weighted by Gasteiger charge is 2.10. The highest BCUT2D eigenvalue weighted by Crippen LogP contribution is 2.19. The van der Waals surface area contributed by atoms with E-state index in [0.29, 0.717) is 5.69 Å². The van der Waals surface area contributed by atoms with E-state index in [0.717, 1.165) is 20.8 Å². The molecule has 0 aromatic heterocycles. The molecule has 4 nitrogen and oxygen atoms in total. The molecule has 0 aliphatic heterocycles. The fourth-order valence-corrected chi connectivity index (χ4v) is 2.79. The molecule has 0 heterocycles. The van der Waals surface area contributed by atoms with Crippen LogP contribution < -0.4 is 5.32 Å². The van der Waals surface area contributed by atoms with Gasteiger partial charge in [0.15, 0.2) is 6.61 Å². The molecule has 1 N–H and O–H groups in total. The maximum absolute atomic E-state index is 12.0. The van der Waals surface area contributed by atoms with Gasteiger partial charge in [0.1, 0.15) is 0 Å². The lowest BCUT2D eigenvalue weighted by atomic mass is 10.0. The van der Waals surface area contributed by atoms with E-state index in [4.69, 9.17) is 4.74 Å². The van der Waals surface area contributed by atoms with E-state index in [9.17, 15) is 9.59 Å². The molecular formula is C20H16BrNO3. The van der Waals surface area contributed by atoms with E-state index in [1.54, 1.807) is 12.1 Å². The first-order valence-electron chi connectivity index (χ1n) is 7.79. The summed E-state index contributed by atoms with van der Waals surface area (Å²) in [4.78, 5) is 23.9. The largest absolute Gasteiger partial charge is 0.455 e. The van der Waals surface area contributed by atoms with Crippen molar-refractivity contribution >= 4 is 44.3 Å². The number of hydrogen-bond donors (Lipinski definition) is 1. The number of hydrogen-bond acceptors (Lipinski definition) is 3. The number of benzene rings is 3. The molecule has 0 aliphatic carbocycles. The number of esters is 1. The van der Waals surface area contributed by atoms with Crippen LogP contribution in [-0.4, -0.2) is 18.5 Å². The number of amides is 1. The molecule has 3 aromatic carbocycles. The minimum absolute atomic E-state index is 0.132. The third-order valence-corrected chi connectivity index (χ3v) is 4.24. The molecule has 1 amide bonds. The van der Waals surface area contributed by atoms with Gasteiger partial charge in [0.2, 0.25) is 0 Å². The molecule has 0 radical (unpaired) electrons. The van der Waals surface area contributed by atoms with E-state index in [1.807, 2.05) is 54.6 Å². The Bertz CT molecular complexity index is 901. The summed E-state index contributed by atoms with van der Waals surface area (Å²) in [6.45, 7) is -0.306. The van der Waals surface area contributed by atoms with Gasteiger partial charge in [0, 0.05) is 10.2 Å². The van der Waals surface area contributed by atoms with Crippen molar-refractivity contribution in [2.75, 3.05) is 11.9 Å². The molecule has 0 bridgehead atoms. The first kappa shape index (κ1) is 17.2. The lowest BCUT2D eigenvalue weighted by molar-refractivity contribution is -0.146. The van der Waals surface area contributed by atoms with Gasteiger partial charge in [-0.2, -0.15) is 0 Å². The molecule has 0 atom stereocenters. The molecule has 0 fully saturated rings. The number of carbonyl (C=O) groups excluding carboxylic acids is 2. The van der Waals surface area contributed by atoms with Crippen LogP contribution in [0.1, 0.15) is 5.56 Å². The summed E-state index contributed by atoms with van der Waals surface area (Å²) < 4.78 is 6.02. The quantitative estimate of drug-likeness (QED) is 0.651. The van der Waals surface area contributed by atoms with Crippen LogP contribution >= 0.6 is 15.9 Å². The van der Waals surface area contributed by atoms with Crippen molar-refractivity contribution in [3.05, 3.63) is 76.8 Å². The molecule has 126 valence electrons. The zero-order valence-corrected chi connectivity index (χ0v) is 15.0. The number of fused-ring (bicyclic) bond motifs is 1. The van der Waals surface area contributed by atoms with E-state index in [2.05, 4.69) is 21.2 Å². The number of ether oxygens (including phenoxy) is 1. The van der Waals surface area contributed by atoms with Crippen molar-refractivity contribution in [2.45, 2.75) is 6.42 Å². The smallest absolute Gasteiger partial charge is 0.310 e. The van der Waals surface area contributed by atoms with Crippen molar-refractivity contribution in [3.8, 4) is 0 Å². The van der Waals surface area contributed by atoms with Crippen LogP contribution in [-0.2, 0) is 20.7 Å². The Balaban J connectivity index is 1.55. The molecule has 3 rings (SSSR count). The first-order chi connectivity index (χ1) is 12.1. The Labute approximate surface area is 153 Å². The summed E-state index contributed by atoms with van der Waals surface area (Å²) in [6.07, 6.45) is 0.132. The fourth-order valence-electron chi connectivity index (χ4n) is 2.53. The summed E-state index contributed by atoms with van der Waals surface area (Å²) in [5.74, 6) is -0.795. The maximum Gasteiger partial charge on any atom is 0.310 e. The van der Waals surface area contributed by atoms with Gasteiger partial charge in [-0.3, -0.25) is 9.59 Å². The second kappa shape index (κ2) is 7.94. The van der Waals surface area contributed by atoms with Crippen LogP contribution in [0.4, 0.5) is 5.69 Å². The number of rotatable bonds is 5. The number of anilines is 1. The van der Waals surface area contributed by atoms with Gasteiger partial charge in [-0.15, -0.1) is 0 Å². The monoisotopic (exact) mass is 397 g/mol. The van der Waals surface area contributed by atoms with Crippen LogP contribution in [0.3, 0.4) is 0 Å². The van der Waals surface area contributed by atoms with Crippen LogP contribution in [0, 0.1) is 0 Å². The highest BCUT2D eigenvalue weighted by molar-refractivity contribution is 9.10. The lowest BCUT2D eigenvalue weighted by Crippen LogP contribution is -2.21. The maximum atomic E-state index is 12.0. The third kappa shape index (κ3) is 4.67. The molecule has 5 heteroatoms.